The summed E-state index contributed by atoms with van der Waals surface area (Å²) < 4.78 is 10.6. The molecule has 0 aliphatic carbocycles. The minimum atomic E-state index is 0.724. The molecule has 0 saturated heterocycles. The monoisotopic (exact) mass is 282 g/mol. The van der Waals surface area contributed by atoms with Crippen LogP contribution in [0.15, 0.2) is 48.7 Å². The highest BCUT2D eigenvalue weighted by atomic mass is 16.5. The zero-order chi connectivity index (χ0) is 14.7. The third-order valence-corrected chi connectivity index (χ3v) is 3.55. The normalized spacial score (nSPS) is 10.6. The molecule has 0 amide bonds. The van der Waals surface area contributed by atoms with Gasteiger partial charge in [0.15, 0.2) is 11.5 Å². The molecule has 108 valence electrons. The van der Waals surface area contributed by atoms with Crippen LogP contribution >= 0.6 is 0 Å². The van der Waals surface area contributed by atoms with Crippen LogP contribution < -0.4 is 14.8 Å². The molecule has 2 N–H and O–H groups in total. The molecule has 21 heavy (non-hydrogen) atoms. The highest BCUT2D eigenvalue weighted by molar-refractivity contribution is 5.83. The number of aromatic amines is 1. The summed E-state index contributed by atoms with van der Waals surface area (Å²) in [5.74, 6) is 1.46. The van der Waals surface area contributed by atoms with Gasteiger partial charge < -0.3 is 19.8 Å². The van der Waals surface area contributed by atoms with Gasteiger partial charge in [-0.15, -0.1) is 0 Å². The molecule has 0 bridgehead atoms. The van der Waals surface area contributed by atoms with Gasteiger partial charge in [0.2, 0.25) is 0 Å². The molecule has 0 fully saturated rings. The second kappa shape index (κ2) is 5.79. The number of hydrogen-bond donors (Lipinski definition) is 2. The first-order chi connectivity index (χ1) is 10.3. The third-order valence-electron chi connectivity index (χ3n) is 3.55. The standard InChI is InChI=1S/C17H18N2O2/c1-20-16-7-6-13(10-17(16)21-2)19-11-12-4-3-5-15-14(12)8-9-18-15/h3-10,18-19H,11H2,1-2H3. The van der Waals surface area contributed by atoms with Gasteiger partial charge in [-0.25, -0.2) is 0 Å². The average Bonchev–Trinajstić information content (AvgIpc) is 3.01. The molecule has 2 aromatic carbocycles. The van der Waals surface area contributed by atoms with Gasteiger partial charge >= 0.3 is 0 Å². The number of anilines is 1. The van der Waals surface area contributed by atoms with Crippen molar-refractivity contribution in [2.24, 2.45) is 0 Å². The maximum Gasteiger partial charge on any atom is 0.162 e. The molecule has 0 saturated carbocycles. The zero-order valence-corrected chi connectivity index (χ0v) is 12.1. The predicted molar refractivity (Wildman–Crippen MR) is 85.2 cm³/mol. The third kappa shape index (κ3) is 2.65. The van der Waals surface area contributed by atoms with Gasteiger partial charge in [-0.05, 0) is 29.8 Å². The van der Waals surface area contributed by atoms with Crippen molar-refractivity contribution in [3.8, 4) is 11.5 Å². The Balaban J connectivity index is 1.80. The minimum Gasteiger partial charge on any atom is -0.493 e. The van der Waals surface area contributed by atoms with E-state index in [0.29, 0.717) is 0 Å². The van der Waals surface area contributed by atoms with Crippen LogP contribution in [-0.2, 0) is 6.54 Å². The van der Waals surface area contributed by atoms with E-state index in [2.05, 4.69) is 34.6 Å². The maximum absolute atomic E-state index is 5.32. The summed E-state index contributed by atoms with van der Waals surface area (Å²) in [6, 6.07) is 14.2. The average molecular weight is 282 g/mol. The van der Waals surface area contributed by atoms with E-state index < -0.39 is 0 Å². The van der Waals surface area contributed by atoms with Gasteiger partial charge in [-0.2, -0.15) is 0 Å². The van der Waals surface area contributed by atoms with Gasteiger partial charge in [0.25, 0.3) is 0 Å². The molecule has 0 aliphatic rings. The van der Waals surface area contributed by atoms with E-state index in [9.17, 15) is 0 Å². The minimum absolute atomic E-state index is 0.724. The quantitative estimate of drug-likeness (QED) is 0.748. The summed E-state index contributed by atoms with van der Waals surface area (Å²) in [7, 11) is 3.28. The van der Waals surface area contributed by atoms with E-state index >= 15 is 0 Å². The summed E-state index contributed by atoms with van der Waals surface area (Å²) in [6.45, 7) is 0.755. The van der Waals surface area contributed by atoms with Crippen molar-refractivity contribution in [3.05, 3.63) is 54.2 Å². The number of rotatable bonds is 5. The van der Waals surface area contributed by atoms with Crippen LogP contribution in [-0.4, -0.2) is 19.2 Å². The van der Waals surface area contributed by atoms with E-state index in [1.165, 1.54) is 10.9 Å². The van der Waals surface area contributed by atoms with Gasteiger partial charge in [0.05, 0.1) is 14.2 Å². The Kier molecular flexibility index (Phi) is 3.69. The maximum atomic E-state index is 5.32. The fourth-order valence-corrected chi connectivity index (χ4v) is 2.45. The van der Waals surface area contributed by atoms with Crippen molar-refractivity contribution in [1.29, 1.82) is 0 Å². The van der Waals surface area contributed by atoms with E-state index in [4.69, 9.17) is 9.47 Å². The van der Waals surface area contributed by atoms with E-state index in [0.717, 1.165) is 29.2 Å². The van der Waals surface area contributed by atoms with Crippen LogP contribution in [0.5, 0.6) is 11.5 Å². The lowest BCUT2D eigenvalue weighted by atomic mass is 10.1. The topological polar surface area (TPSA) is 46.3 Å². The lowest BCUT2D eigenvalue weighted by Gasteiger charge is -2.11. The summed E-state index contributed by atoms with van der Waals surface area (Å²) >= 11 is 0. The first-order valence-corrected chi connectivity index (χ1v) is 6.82. The summed E-state index contributed by atoms with van der Waals surface area (Å²) in [4.78, 5) is 3.23. The lowest BCUT2D eigenvalue weighted by molar-refractivity contribution is 0.355. The van der Waals surface area contributed by atoms with Crippen LogP contribution in [0.1, 0.15) is 5.56 Å². The molecule has 0 radical (unpaired) electrons. The number of benzene rings is 2. The molecule has 4 heteroatoms. The molecule has 3 aromatic rings. The van der Waals surface area contributed by atoms with Crippen LogP contribution in [0, 0.1) is 0 Å². The predicted octanol–water partition coefficient (Wildman–Crippen LogP) is 3.80. The molecule has 1 heterocycles. The van der Waals surface area contributed by atoms with Crippen LogP contribution in [0.4, 0.5) is 5.69 Å². The molecule has 4 nitrogen and oxygen atoms in total. The number of aromatic nitrogens is 1. The number of ether oxygens (including phenoxy) is 2. The second-order valence-electron chi connectivity index (χ2n) is 4.78. The lowest BCUT2D eigenvalue weighted by Crippen LogP contribution is -2.00. The van der Waals surface area contributed by atoms with E-state index in [1.807, 2.05) is 24.4 Å². The van der Waals surface area contributed by atoms with Crippen molar-refractivity contribution in [1.82, 2.24) is 4.98 Å². The first kappa shape index (κ1) is 13.4. The van der Waals surface area contributed by atoms with Crippen molar-refractivity contribution in [2.75, 3.05) is 19.5 Å². The van der Waals surface area contributed by atoms with E-state index in [-0.39, 0.29) is 0 Å². The molecule has 0 spiro atoms. The number of H-pyrrole nitrogens is 1. The smallest absolute Gasteiger partial charge is 0.162 e. The van der Waals surface area contributed by atoms with Crippen molar-refractivity contribution >= 4 is 16.6 Å². The van der Waals surface area contributed by atoms with Gasteiger partial charge in [-0.3, -0.25) is 0 Å². The molecule has 0 aliphatic heterocycles. The highest BCUT2D eigenvalue weighted by Crippen LogP contribution is 2.30. The zero-order valence-electron chi connectivity index (χ0n) is 12.1. The Labute approximate surface area is 123 Å². The number of hydrogen-bond acceptors (Lipinski definition) is 3. The van der Waals surface area contributed by atoms with Crippen molar-refractivity contribution in [2.45, 2.75) is 6.54 Å². The molecule has 1 aromatic heterocycles. The Bertz CT molecular complexity index is 749. The first-order valence-electron chi connectivity index (χ1n) is 6.82. The summed E-state index contributed by atoms with van der Waals surface area (Å²) in [5.41, 5.74) is 3.41. The van der Waals surface area contributed by atoms with Gasteiger partial charge in [-0.1, -0.05) is 12.1 Å². The Morgan fingerprint density at radius 1 is 1.00 bits per heavy atom. The number of fused-ring (bicyclic) bond motifs is 1. The van der Waals surface area contributed by atoms with E-state index in [1.54, 1.807) is 14.2 Å². The summed E-state index contributed by atoms with van der Waals surface area (Å²) in [6.07, 6.45) is 1.96. The second-order valence-corrected chi connectivity index (χ2v) is 4.78. The Hall–Kier alpha value is -2.62. The van der Waals surface area contributed by atoms with Crippen molar-refractivity contribution < 1.29 is 9.47 Å². The molecule has 0 unspecified atom stereocenters. The molecular weight excluding hydrogens is 264 g/mol. The number of methoxy groups -OCH3 is 2. The van der Waals surface area contributed by atoms with Crippen LogP contribution in [0.3, 0.4) is 0 Å². The van der Waals surface area contributed by atoms with Crippen molar-refractivity contribution in [3.63, 3.8) is 0 Å². The Morgan fingerprint density at radius 3 is 2.67 bits per heavy atom. The van der Waals surface area contributed by atoms with Gasteiger partial charge in [0.1, 0.15) is 0 Å². The number of nitrogens with one attached hydrogen (secondary N) is 2. The SMILES string of the molecule is COc1ccc(NCc2cccc3[nH]ccc23)cc1OC. The highest BCUT2D eigenvalue weighted by Gasteiger charge is 2.05. The van der Waals surface area contributed by atoms with Crippen LogP contribution in [0.2, 0.25) is 0 Å². The molecule has 0 atom stereocenters. The summed E-state index contributed by atoms with van der Waals surface area (Å²) in [5, 5.41) is 4.66. The molecule has 3 rings (SSSR count). The Morgan fingerprint density at radius 2 is 1.86 bits per heavy atom. The fraction of sp³-hybridized carbons (Fsp3) is 0.176. The largest absolute Gasteiger partial charge is 0.493 e. The molecular formula is C17H18N2O2. The van der Waals surface area contributed by atoms with Crippen LogP contribution in [0.25, 0.3) is 10.9 Å². The van der Waals surface area contributed by atoms with Gasteiger partial charge in [0, 0.05) is 35.4 Å². The fourth-order valence-electron chi connectivity index (χ4n) is 2.45.